The summed E-state index contributed by atoms with van der Waals surface area (Å²) in [6.07, 6.45) is 3.76. The van der Waals surface area contributed by atoms with Gasteiger partial charge in [-0.1, -0.05) is 18.2 Å². The molecule has 1 fully saturated rings. The third-order valence-electron chi connectivity index (χ3n) is 7.50. The van der Waals surface area contributed by atoms with Crippen molar-refractivity contribution in [3.63, 3.8) is 0 Å². The molecule has 32 heavy (non-hydrogen) atoms. The normalized spacial score (nSPS) is 22.2. The van der Waals surface area contributed by atoms with Crippen molar-refractivity contribution < 1.29 is 19.7 Å². The number of piperidine rings is 1. The van der Waals surface area contributed by atoms with Gasteiger partial charge in [0.05, 0.1) is 5.60 Å². The highest BCUT2D eigenvalue weighted by atomic mass is 16.7. The van der Waals surface area contributed by atoms with Gasteiger partial charge in [0.1, 0.15) is 5.75 Å². The van der Waals surface area contributed by atoms with Crippen LogP contribution in [0.2, 0.25) is 0 Å². The Bertz CT molecular complexity index is 893. The molecule has 174 valence electrons. The van der Waals surface area contributed by atoms with Crippen LogP contribution in [-0.2, 0) is 15.9 Å². The maximum absolute atomic E-state index is 10.9. The number of aliphatic hydroxyl groups is 1. The average molecular weight is 440 g/mol. The van der Waals surface area contributed by atoms with Crippen molar-refractivity contribution in [2.45, 2.75) is 57.3 Å². The van der Waals surface area contributed by atoms with Gasteiger partial charge in [0.25, 0.3) is 0 Å². The highest BCUT2D eigenvalue weighted by molar-refractivity contribution is 5.51. The minimum absolute atomic E-state index is 0.114. The number of aromatic hydroxyl groups is 1. The Morgan fingerprint density at radius 1 is 0.969 bits per heavy atom. The van der Waals surface area contributed by atoms with E-state index in [1.54, 1.807) is 20.3 Å². The maximum atomic E-state index is 10.9. The number of aryl methyl sites for hydroxylation is 1. The van der Waals surface area contributed by atoms with E-state index in [4.69, 9.17) is 9.47 Å². The van der Waals surface area contributed by atoms with Crippen LogP contribution >= 0.6 is 0 Å². The standard InChI is InChI=1S/C27H37NO4/c1-27(2,30)24-12-7-20-17-22(29)10-11-23(20)25(24)18-5-8-21(9-6-18)28-15-13-19(14-16-28)26(31-3)32-4/h5-6,8-11,17,19,24-26,29-30H,7,12-16H2,1-4H3/t24-,25+/m1/s1. The Labute approximate surface area is 192 Å². The van der Waals surface area contributed by atoms with Crippen LogP contribution < -0.4 is 4.90 Å². The molecule has 0 saturated carbocycles. The lowest BCUT2D eigenvalue weighted by Gasteiger charge is -2.41. The maximum Gasteiger partial charge on any atom is 0.159 e. The number of nitrogens with zero attached hydrogens (tertiary/aromatic N) is 1. The summed E-state index contributed by atoms with van der Waals surface area (Å²) in [6, 6.07) is 14.6. The predicted octanol–water partition coefficient (Wildman–Crippen LogP) is 4.69. The van der Waals surface area contributed by atoms with Crippen molar-refractivity contribution in [1.82, 2.24) is 0 Å². The van der Waals surface area contributed by atoms with E-state index >= 15 is 0 Å². The minimum Gasteiger partial charge on any atom is -0.508 e. The summed E-state index contributed by atoms with van der Waals surface area (Å²) in [5.41, 5.74) is 4.09. The number of methoxy groups -OCH3 is 2. The zero-order chi connectivity index (χ0) is 22.9. The van der Waals surface area contributed by atoms with E-state index in [0.717, 1.165) is 38.8 Å². The van der Waals surface area contributed by atoms with Crippen molar-refractivity contribution in [2.75, 3.05) is 32.2 Å². The molecule has 0 bridgehead atoms. The number of ether oxygens (including phenoxy) is 2. The molecule has 1 aliphatic heterocycles. The van der Waals surface area contributed by atoms with Gasteiger partial charge in [-0.2, -0.15) is 0 Å². The smallest absolute Gasteiger partial charge is 0.159 e. The van der Waals surface area contributed by atoms with E-state index in [-0.39, 0.29) is 18.1 Å². The quantitative estimate of drug-likeness (QED) is 0.639. The van der Waals surface area contributed by atoms with E-state index in [9.17, 15) is 10.2 Å². The molecule has 2 atom stereocenters. The van der Waals surface area contributed by atoms with Gasteiger partial charge in [-0.3, -0.25) is 0 Å². The first-order valence-electron chi connectivity index (χ1n) is 11.8. The minimum atomic E-state index is -0.778. The number of anilines is 1. The van der Waals surface area contributed by atoms with Crippen molar-refractivity contribution in [2.24, 2.45) is 11.8 Å². The lowest BCUT2D eigenvalue weighted by molar-refractivity contribution is -0.141. The summed E-state index contributed by atoms with van der Waals surface area (Å²) in [4.78, 5) is 2.43. The van der Waals surface area contributed by atoms with Gasteiger partial charge in [0.15, 0.2) is 6.29 Å². The molecule has 0 unspecified atom stereocenters. The zero-order valence-electron chi connectivity index (χ0n) is 19.8. The van der Waals surface area contributed by atoms with Crippen LogP contribution in [-0.4, -0.2) is 49.4 Å². The molecule has 0 amide bonds. The molecular weight excluding hydrogens is 402 g/mol. The predicted molar refractivity (Wildman–Crippen MR) is 127 cm³/mol. The lowest BCUT2D eigenvalue weighted by Crippen LogP contribution is -2.39. The number of fused-ring (bicyclic) bond motifs is 1. The molecule has 2 aromatic rings. The first kappa shape index (κ1) is 23.1. The lowest BCUT2D eigenvalue weighted by atomic mass is 9.66. The molecular formula is C27H37NO4. The second kappa shape index (κ2) is 9.42. The Kier molecular flexibility index (Phi) is 6.80. The van der Waals surface area contributed by atoms with Crippen LogP contribution in [0.15, 0.2) is 42.5 Å². The topological polar surface area (TPSA) is 62.2 Å². The van der Waals surface area contributed by atoms with Gasteiger partial charge in [0.2, 0.25) is 0 Å². The Hall–Kier alpha value is -2.08. The largest absolute Gasteiger partial charge is 0.508 e. The van der Waals surface area contributed by atoms with Gasteiger partial charge in [-0.25, -0.2) is 0 Å². The third-order valence-corrected chi connectivity index (χ3v) is 7.50. The van der Waals surface area contributed by atoms with Crippen LogP contribution in [0, 0.1) is 11.8 Å². The van der Waals surface area contributed by atoms with Crippen LogP contribution in [0.25, 0.3) is 0 Å². The summed E-state index contributed by atoms with van der Waals surface area (Å²) in [5, 5.41) is 20.9. The van der Waals surface area contributed by atoms with Crippen molar-refractivity contribution >= 4 is 5.69 Å². The van der Waals surface area contributed by atoms with Gasteiger partial charge < -0.3 is 24.6 Å². The van der Waals surface area contributed by atoms with Gasteiger partial charge in [0, 0.05) is 44.8 Å². The van der Waals surface area contributed by atoms with Crippen molar-refractivity contribution in [3.05, 3.63) is 59.2 Å². The summed E-state index contributed by atoms with van der Waals surface area (Å²) in [7, 11) is 3.43. The zero-order valence-corrected chi connectivity index (χ0v) is 19.8. The van der Waals surface area contributed by atoms with E-state index in [1.807, 2.05) is 26.0 Å². The van der Waals surface area contributed by atoms with E-state index in [2.05, 4.69) is 29.2 Å². The number of hydrogen-bond donors (Lipinski definition) is 2. The van der Waals surface area contributed by atoms with Crippen LogP contribution in [0.3, 0.4) is 0 Å². The summed E-state index contributed by atoms with van der Waals surface area (Å²) in [6.45, 7) is 5.82. The average Bonchev–Trinajstić information content (AvgIpc) is 2.79. The molecule has 4 rings (SSSR count). The molecule has 0 aromatic heterocycles. The fraction of sp³-hybridized carbons (Fsp3) is 0.556. The molecule has 2 N–H and O–H groups in total. The molecule has 1 saturated heterocycles. The molecule has 0 spiro atoms. The summed E-state index contributed by atoms with van der Waals surface area (Å²) >= 11 is 0. The molecule has 1 heterocycles. The molecule has 2 aliphatic rings. The molecule has 1 aliphatic carbocycles. The van der Waals surface area contributed by atoms with Crippen LogP contribution in [0.4, 0.5) is 5.69 Å². The number of phenols is 1. The number of phenolic OH excluding ortho intramolecular Hbond substituents is 1. The fourth-order valence-corrected chi connectivity index (χ4v) is 5.78. The first-order chi connectivity index (χ1) is 15.3. The van der Waals surface area contributed by atoms with Gasteiger partial charge in [-0.15, -0.1) is 0 Å². The van der Waals surface area contributed by atoms with Crippen LogP contribution in [0.1, 0.15) is 55.7 Å². The Morgan fingerprint density at radius 3 is 2.22 bits per heavy atom. The molecule has 5 nitrogen and oxygen atoms in total. The number of rotatable bonds is 6. The first-order valence-corrected chi connectivity index (χ1v) is 11.8. The Morgan fingerprint density at radius 2 is 1.62 bits per heavy atom. The fourth-order valence-electron chi connectivity index (χ4n) is 5.78. The molecule has 0 radical (unpaired) electrons. The second-order valence-electron chi connectivity index (χ2n) is 9.92. The summed E-state index contributed by atoms with van der Waals surface area (Å²) < 4.78 is 10.9. The molecule has 5 heteroatoms. The number of benzene rings is 2. The number of hydrogen-bond acceptors (Lipinski definition) is 5. The Balaban J connectivity index is 1.55. The van der Waals surface area contributed by atoms with Crippen LogP contribution in [0.5, 0.6) is 5.75 Å². The van der Waals surface area contributed by atoms with Crippen molar-refractivity contribution in [1.29, 1.82) is 0 Å². The van der Waals surface area contributed by atoms with E-state index in [0.29, 0.717) is 11.7 Å². The monoisotopic (exact) mass is 439 g/mol. The SMILES string of the molecule is COC(OC)C1CCN(c2ccc([C@H]3c4ccc(O)cc4CC[C@H]3C(C)(C)O)cc2)CC1. The molecule has 2 aromatic carbocycles. The van der Waals surface area contributed by atoms with E-state index in [1.165, 1.54) is 22.4 Å². The van der Waals surface area contributed by atoms with Gasteiger partial charge >= 0.3 is 0 Å². The third kappa shape index (κ3) is 4.66. The van der Waals surface area contributed by atoms with Crippen molar-refractivity contribution in [3.8, 4) is 5.75 Å². The van der Waals surface area contributed by atoms with Gasteiger partial charge in [-0.05, 0) is 86.4 Å². The highest BCUT2D eigenvalue weighted by Crippen LogP contribution is 2.46. The second-order valence-corrected chi connectivity index (χ2v) is 9.92. The summed E-state index contributed by atoms with van der Waals surface area (Å²) in [5.74, 6) is 0.986. The van der Waals surface area contributed by atoms with E-state index < -0.39 is 5.60 Å². The highest BCUT2D eigenvalue weighted by Gasteiger charge is 2.39.